The van der Waals surface area contributed by atoms with Gasteiger partial charge in [-0.25, -0.2) is 18.6 Å². The molecule has 7 nitrogen and oxygen atoms in total. The highest BCUT2D eigenvalue weighted by Crippen LogP contribution is 2.39. The smallest absolute Gasteiger partial charge is 0.337 e. The molecule has 0 saturated heterocycles. The van der Waals surface area contributed by atoms with E-state index in [0.29, 0.717) is 5.56 Å². The minimum absolute atomic E-state index is 0.0130. The number of anilines is 1. The number of pyridine rings is 1. The molecule has 2 amide bonds. The van der Waals surface area contributed by atoms with Gasteiger partial charge in [-0.05, 0) is 48.4 Å². The average Bonchev–Trinajstić information content (AvgIpc) is 3.06. The second-order valence-electron chi connectivity index (χ2n) is 7.60. The summed E-state index contributed by atoms with van der Waals surface area (Å²) in [6.45, 7) is 0.137. The summed E-state index contributed by atoms with van der Waals surface area (Å²) in [6.07, 6.45) is 1.25. The number of halogens is 2. The van der Waals surface area contributed by atoms with Crippen LogP contribution in [0.1, 0.15) is 50.7 Å². The van der Waals surface area contributed by atoms with Crippen molar-refractivity contribution in [1.29, 1.82) is 0 Å². The standard InChI is InChI=1S/C24H19F2N3O4/c25-16-7-4-14(5-8-16)13-29-19(22-17(23(29)31)2-1-3-18(22)26)9-11-21(30)28-20-10-6-15(12-27-20)24(32)33/h1-8,10,12,19H,9,11,13H2,(H,32,33)(H,27,28,30). The number of hydrogen-bond donors (Lipinski definition) is 2. The Morgan fingerprint density at radius 1 is 1.06 bits per heavy atom. The van der Waals surface area contributed by atoms with Crippen LogP contribution in [0.25, 0.3) is 0 Å². The Hall–Kier alpha value is -4.14. The Labute approximate surface area is 187 Å². The van der Waals surface area contributed by atoms with Gasteiger partial charge in [0.25, 0.3) is 5.91 Å². The lowest BCUT2D eigenvalue weighted by molar-refractivity contribution is -0.116. The molecule has 0 radical (unpaired) electrons. The largest absolute Gasteiger partial charge is 0.478 e. The van der Waals surface area contributed by atoms with E-state index < -0.39 is 29.6 Å². The van der Waals surface area contributed by atoms with Crippen LogP contribution in [-0.4, -0.2) is 32.8 Å². The van der Waals surface area contributed by atoms with Gasteiger partial charge in [0.05, 0.1) is 11.6 Å². The zero-order chi connectivity index (χ0) is 23.5. The molecular formula is C24H19F2N3O4. The normalized spacial score (nSPS) is 14.8. The van der Waals surface area contributed by atoms with E-state index in [9.17, 15) is 23.2 Å². The second-order valence-corrected chi connectivity index (χ2v) is 7.60. The maximum Gasteiger partial charge on any atom is 0.337 e. The number of aromatic nitrogens is 1. The van der Waals surface area contributed by atoms with Crippen molar-refractivity contribution in [3.63, 3.8) is 0 Å². The van der Waals surface area contributed by atoms with Crippen LogP contribution in [0.15, 0.2) is 60.8 Å². The van der Waals surface area contributed by atoms with E-state index in [-0.39, 0.29) is 47.8 Å². The van der Waals surface area contributed by atoms with Gasteiger partial charge in [-0.3, -0.25) is 9.59 Å². The van der Waals surface area contributed by atoms with Crippen molar-refractivity contribution in [1.82, 2.24) is 9.88 Å². The molecule has 1 atom stereocenters. The van der Waals surface area contributed by atoms with E-state index in [1.165, 1.54) is 41.3 Å². The highest BCUT2D eigenvalue weighted by atomic mass is 19.1. The molecule has 0 spiro atoms. The third-order valence-corrected chi connectivity index (χ3v) is 5.44. The van der Waals surface area contributed by atoms with Gasteiger partial charge in [0.2, 0.25) is 5.91 Å². The summed E-state index contributed by atoms with van der Waals surface area (Å²) in [4.78, 5) is 41.7. The SMILES string of the molecule is O=C(CCC1c2c(F)cccc2C(=O)N1Cc1ccc(F)cc1)Nc1ccc(C(=O)O)cn1. The summed E-state index contributed by atoms with van der Waals surface area (Å²) >= 11 is 0. The molecule has 2 heterocycles. The number of aromatic carboxylic acids is 1. The molecule has 9 heteroatoms. The number of benzene rings is 2. The predicted molar refractivity (Wildman–Crippen MR) is 114 cm³/mol. The van der Waals surface area contributed by atoms with Crippen LogP contribution in [0.3, 0.4) is 0 Å². The molecule has 3 aromatic rings. The summed E-state index contributed by atoms with van der Waals surface area (Å²) in [6, 6.07) is 12.0. The topological polar surface area (TPSA) is 99.6 Å². The van der Waals surface area contributed by atoms with E-state index in [0.717, 1.165) is 6.20 Å². The average molecular weight is 451 g/mol. The summed E-state index contributed by atoms with van der Waals surface area (Å²) < 4.78 is 27.9. The molecule has 2 aromatic carbocycles. The first-order valence-electron chi connectivity index (χ1n) is 10.2. The fourth-order valence-electron chi connectivity index (χ4n) is 3.85. The van der Waals surface area contributed by atoms with Crippen molar-refractivity contribution in [3.8, 4) is 0 Å². The number of nitrogens with zero attached hydrogens (tertiary/aromatic N) is 2. The van der Waals surface area contributed by atoms with E-state index in [2.05, 4.69) is 10.3 Å². The molecular weight excluding hydrogens is 432 g/mol. The Bertz CT molecular complexity index is 1210. The lowest BCUT2D eigenvalue weighted by Gasteiger charge is -2.25. The zero-order valence-corrected chi connectivity index (χ0v) is 17.3. The second kappa shape index (κ2) is 9.15. The van der Waals surface area contributed by atoms with Gasteiger partial charge in [0.1, 0.15) is 17.5 Å². The highest BCUT2D eigenvalue weighted by molar-refractivity contribution is 5.99. The molecule has 0 bridgehead atoms. The Kier molecular flexibility index (Phi) is 6.12. The molecule has 1 aliphatic heterocycles. The van der Waals surface area contributed by atoms with Gasteiger partial charge in [-0.1, -0.05) is 18.2 Å². The molecule has 4 rings (SSSR count). The summed E-state index contributed by atoms with van der Waals surface area (Å²) in [5, 5.41) is 11.5. The number of carboxylic acids is 1. The van der Waals surface area contributed by atoms with Crippen LogP contribution in [0.5, 0.6) is 0 Å². The monoisotopic (exact) mass is 451 g/mol. The first-order valence-corrected chi connectivity index (χ1v) is 10.2. The van der Waals surface area contributed by atoms with Gasteiger partial charge >= 0.3 is 5.97 Å². The molecule has 1 unspecified atom stereocenters. The lowest BCUT2D eigenvalue weighted by atomic mass is 9.99. The van der Waals surface area contributed by atoms with Gasteiger partial charge in [-0.15, -0.1) is 0 Å². The number of hydrogen-bond acceptors (Lipinski definition) is 4. The van der Waals surface area contributed by atoms with Crippen molar-refractivity contribution >= 4 is 23.6 Å². The van der Waals surface area contributed by atoms with E-state index in [1.807, 2.05) is 0 Å². The third-order valence-electron chi connectivity index (χ3n) is 5.44. The van der Waals surface area contributed by atoms with E-state index >= 15 is 0 Å². The molecule has 1 aliphatic rings. The number of fused-ring (bicyclic) bond motifs is 1. The Morgan fingerprint density at radius 3 is 2.48 bits per heavy atom. The fraction of sp³-hybridized carbons (Fsp3) is 0.167. The van der Waals surface area contributed by atoms with Crippen molar-refractivity contribution in [2.75, 3.05) is 5.32 Å². The maximum atomic E-state index is 14.7. The van der Waals surface area contributed by atoms with Crippen molar-refractivity contribution < 1.29 is 28.3 Å². The van der Waals surface area contributed by atoms with Crippen molar-refractivity contribution in [3.05, 3.63) is 94.7 Å². The Morgan fingerprint density at radius 2 is 1.82 bits per heavy atom. The van der Waals surface area contributed by atoms with Gasteiger partial charge in [-0.2, -0.15) is 0 Å². The number of carbonyl (C=O) groups excluding carboxylic acids is 2. The molecule has 168 valence electrons. The minimum atomic E-state index is -1.13. The lowest BCUT2D eigenvalue weighted by Crippen LogP contribution is -2.28. The van der Waals surface area contributed by atoms with Crippen LogP contribution in [0, 0.1) is 11.6 Å². The quantitative estimate of drug-likeness (QED) is 0.562. The van der Waals surface area contributed by atoms with Crippen LogP contribution in [-0.2, 0) is 11.3 Å². The van der Waals surface area contributed by atoms with E-state index in [4.69, 9.17) is 5.11 Å². The first kappa shape index (κ1) is 22.1. The van der Waals surface area contributed by atoms with Gasteiger partial charge in [0.15, 0.2) is 0 Å². The van der Waals surface area contributed by atoms with Gasteiger partial charge < -0.3 is 15.3 Å². The summed E-state index contributed by atoms with van der Waals surface area (Å²) in [5.74, 6) is -2.65. The number of amides is 2. The van der Waals surface area contributed by atoms with Crippen LogP contribution in [0.2, 0.25) is 0 Å². The molecule has 1 aromatic heterocycles. The minimum Gasteiger partial charge on any atom is -0.478 e. The van der Waals surface area contributed by atoms with Crippen LogP contribution < -0.4 is 5.32 Å². The molecule has 0 aliphatic carbocycles. The molecule has 2 N–H and O–H groups in total. The van der Waals surface area contributed by atoms with Crippen molar-refractivity contribution in [2.24, 2.45) is 0 Å². The first-order chi connectivity index (χ1) is 15.8. The maximum absolute atomic E-state index is 14.7. The summed E-state index contributed by atoms with van der Waals surface area (Å²) in [7, 11) is 0. The van der Waals surface area contributed by atoms with E-state index in [1.54, 1.807) is 18.2 Å². The Balaban J connectivity index is 1.50. The van der Waals surface area contributed by atoms with Gasteiger partial charge in [0, 0.05) is 30.3 Å². The fourth-order valence-corrected chi connectivity index (χ4v) is 3.85. The number of nitrogens with one attached hydrogen (secondary N) is 1. The zero-order valence-electron chi connectivity index (χ0n) is 17.3. The van der Waals surface area contributed by atoms with Crippen LogP contribution in [0.4, 0.5) is 14.6 Å². The number of carboxylic acid groups (broad SMARTS) is 1. The number of carbonyl (C=O) groups is 3. The van der Waals surface area contributed by atoms with Crippen LogP contribution >= 0.6 is 0 Å². The predicted octanol–water partition coefficient (Wildman–Crippen LogP) is 4.17. The summed E-state index contributed by atoms with van der Waals surface area (Å²) in [5.41, 5.74) is 1.14. The van der Waals surface area contributed by atoms with Crippen molar-refractivity contribution in [2.45, 2.75) is 25.4 Å². The molecule has 0 saturated carbocycles. The molecule has 33 heavy (non-hydrogen) atoms. The highest BCUT2D eigenvalue weighted by Gasteiger charge is 2.38. The number of rotatable bonds is 7. The third kappa shape index (κ3) is 4.72. The molecule has 0 fully saturated rings.